The van der Waals surface area contributed by atoms with Gasteiger partial charge in [0.2, 0.25) is 0 Å². The smallest absolute Gasteiger partial charge is 0.149 e. The standard InChI is InChI=1S/C13H20O2/c1-5-7-12(8-6-2)10-15-13(9-14)11(3)4/h5-9,11,13H,1,10H2,2-4H3/b8-6-,12-7+. The number of rotatable bonds is 7. The van der Waals surface area contributed by atoms with E-state index < -0.39 is 0 Å². The molecular formula is C13H20O2. The van der Waals surface area contributed by atoms with Crippen LogP contribution in [-0.2, 0) is 9.53 Å². The van der Waals surface area contributed by atoms with E-state index in [1.54, 1.807) is 6.08 Å². The van der Waals surface area contributed by atoms with E-state index in [1.807, 2.05) is 39.0 Å². The van der Waals surface area contributed by atoms with Crippen LogP contribution in [-0.4, -0.2) is 19.0 Å². The van der Waals surface area contributed by atoms with Crippen LogP contribution in [0.15, 0.2) is 36.5 Å². The van der Waals surface area contributed by atoms with Gasteiger partial charge in [-0.15, -0.1) is 0 Å². The van der Waals surface area contributed by atoms with Gasteiger partial charge in [0.15, 0.2) is 0 Å². The first-order valence-electron chi connectivity index (χ1n) is 5.16. The van der Waals surface area contributed by atoms with Gasteiger partial charge in [0, 0.05) is 0 Å². The number of allylic oxidation sites excluding steroid dienone is 3. The number of aldehydes is 1. The van der Waals surface area contributed by atoms with Crippen LogP contribution in [0.25, 0.3) is 0 Å². The highest BCUT2D eigenvalue weighted by atomic mass is 16.5. The highest BCUT2D eigenvalue weighted by molar-refractivity contribution is 5.56. The van der Waals surface area contributed by atoms with E-state index >= 15 is 0 Å². The minimum Gasteiger partial charge on any atom is -0.366 e. The molecule has 84 valence electrons. The van der Waals surface area contributed by atoms with Crippen molar-refractivity contribution in [2.45, 2.75) is 26.9 Å². The summed E-state index contributed by atoms with van der Waals surface area (Å²) in [5.41, 5.74) is 1.01. The lowest BCUT2D eigenvalue weighted by molar-refractivity contribution is -0.119. The first kappa shape index (κ1) is 13.8. The van der Waals surface area contributed by atoms with Gasteiger partial charge in [-0.1, -0.05) is 44.7 Å². The SMILES string of the molecule is C=C/C=C(\C=C/C)COC(C=O)C(C)C. The molecule has 0 fully saturated rings. The molecule has 0 aliphatic carbocycles. The molecule has 0 aromatic carbocycles. The summed E-state index contributed by atoms with van der Waals surface area (Å²) in [6.45, 7) is 9.94. The molecule has 0 radical (unpaired) electrons. The van der Waals surface area contributed by atoms with E-state index in [0.29, 0.717) is 6.61 Å². The van der Waals surface area contributed by atoms with Crippen molar-refractivity contribution >= 4 is 6.29 Å². The average Bonchev–Trinajstić information content (AvgIpc) is 2.18. The molecule has 0 amide bonds. The van der Waals surface area contributed by atoms with Crippen molar-refractivity contribution < 1.29 is 9.53 Å². The molecule has 0 aliphatic rings. The average molecular weight is 208 g/mol. The first-order chi connectivity index (χ1) is 7.15. The Morgan fingerprint density at radius 1 is 1.47 bits per heavy atom. The largest absolute Gasteiger partial charge is 0.366 e. The Bertz CT molecular complexity index is 249. The van der Waals surface area contributed by atoms with E-state index in [2.05, 4.69) is 6.58 Å². The predicted molar refractivity (Wildman–Crippen MR) is 63.7 cm³/mol. The van der Waals surface area contributed by atoms with E-state index in [-0.39, 0.29) is 12.0 Å². The summed E-state index contributed by atoms with van der Waals surface area (Å²) in [6.07, 6.45) is 8.00. The zero-order chi connectivity index (χ0) is 11.7. The van der Waals surface area contributed by atoms with Crippen LogP contribution >= 0.6 is 0 Å². The fourth-order valence-electron chi connectivity index (χ4n) is 1.10. The first-order valence-corrected chi connectivity index (χ1v) is 5.16. The fraction of sp³-hybridized carbons (Fsp3) is 0.462. The second-order valence-corrected chi connectivity index (χ2v) is 3.63. The van der Waals surface area contributed by atoms with Crippen LogP contribution in [0, 0.1) is 5.92 Å². The molecule has 0 saturated heterocycles. The van der Waals surface area contributed by atoms with E-state index in [4.69, 9.17) is 4.74 Å². The molecule has 0 N–H and O–H groups in total. The maximum absolute atomic E-state index is 10.7. The maximum atomic E-state index is 10.7. The Morgan fingerprint density at radius 2 is 2.13 bits per heavy atom. The van der Waals surface area contributed by atoms with Gasteiger partial charge in [0.25, 0.3) is 0 Å². The van der Waals surface area contributed by atoms with Crippen LogP contribution in [0.5, 0.6) is 0 Å². The molecule has 15 heavy (non-hydrogen) atoms. The highest BCUT2D eigenvalue weighted by Crippen LogP contribution is 2.07. The van der Waals surface area contributed by atoms with Gasteiger partial charge in [-0.25, -0.2) is 0 Å². The number of hydrogen-bond acceptors (Lipinski definition) is 2. The summed E-state index contributed by atoms with van der Waals surface area (Å²) in [4.78, 5) is 10.7. The minimum atomic E-state index is -0.330. The topological polar surface area (TPSA) is 26.3 Å². The number of ether oxygens (including phenoxy) is 1. The summed E-state index contributed by atoms with van der Waals surface area (Å²) in [5, 5.41) is 0. The van der Waals surface area contributed by atoms with Crippen molar-refractivity contribution in [1.82, 2.24) is 0 Å². The highest BCUT2D eigenvalue weighted by Gasteiger charge is 2.12. The van der Waals surface area contributed by atoms with Crippen molar-refractivity contribution in [3.63, 3.8) is 0 Å². The molecule has 0 rings (SSSR count). The lowest BCUT2D eigenvalue weighted by Gasteiger charge is -2.15. The van der Waals surface area contributed by atoms with Gasteiger partial charge in [0.1, 0.15) is 12.4 Å². The van der Waals surface area contributed by atoms with Gasteiger partial charge >= 0.3 is 0 Å². The molecule has 0 aromatic rings. The molecule has 0 spiro atoms. The minimum absolute atomic E-state index is 0.207. The van der Waals surface area contributed by atoms with Crippen molar-refractivity contribution in [2.75, 3.05) is 6.61 Å². The molecule has 2 heteroatoms. The molecular weight excluding hydrogens is 188 g/mol. The molecule has 2 nitrogen and oxygen atoms in total. The van der Waals surface area contributed by atoms with Crippen molar-refractivity contribution in [2.24, 2.45) is 5.92 Å². The molecule has 1 atom stereocenters. The van der Waals surface area contributed by atoms with Gasteiger partial charge in [-0.05, 0) is 18.4 Å². The molecule has 0 aliphatic heterocycles. The van der Waals surface area contributed by atoms with Gasteiger partial charge in [-0.2, -0.15) is 0 Å². The zero-order valence-electron chi connectivity index (χ0n) is 9.77. The van der Waals surface area contributed by atoms with Crippen LogP contribution in [0.2, 0.25) is 0 Å². The quantitative estimate of drug-likeness (QED) is 0.475. The third-order valence-electron chi connectivity index (χ3n) is 1.95. The van der Waals surface area contributed by atoms with Crippen LogP contribution in [0.3, 0.4) is 0 Å². The Morgan fingerprint density at radius 3 is 2.53 bits per heavy atom. The second-order valence-electron chi connectivity index (χ2n) is 3.63. The molecule has 0 aromatic heterocycles. The summed E-state index contributed by atoms with van der Waals surface area (Å²) in [6, 6.07) is 0. The maximum Gasteiger partial charge on any atom is 0.149 e. The van der Waals surface area contributed by atoms with E-state index in [9.17, 15) is 4.79 Å². The monoisotopic (exact) mass is 208 g/mol. The Kier molecular flexibility index (Phi) is 7.56. The Hall–Kier alpha value is -1.15. The molecule has 0 bridgehead atoms. The number of hydrogen-bond donors (Lipinski definition) is 0. The van der Waals surface area contributed by atoms with Gasteiger partial charge < -0.3 is 9.53 Å². The molecule has 0 heterocycles. The van der Waals surface area contributed by atoms with E-state index in [1.165, 1.54) is 0 Å². The number of carbonyl (C=O) groups is 1. The summed E-state index contributed by atoms with van der Waals surface area (Å²) < 4.78 is 5.48. The van der Waals surface area contributed by atoms with Crippen molar-refractivity contribution in [3.8, 4) is 0 Å². The van der Waals surface area contributed by atoms with Crippen molar-refractivity contribution in [1.29, 1.82) is 0 Å². The normalized spacial score (nSPS) is 14.5. The third-order valence-corrected chi connectivity index (χ3v) is 1.95. The summed E-state index contributed by atoms with van der Waals surface area (Å²) in [7, 11) is 0. The zero-order valence-corrected chi connectivity index (χ0v) is 9.77. The molecule has 1 unspecified atom stereocenters. The van der Waals surface area contributed by atoms with Crippen LogP contribution in [0.1, 0.15) is 20.8 Å². The third kappa shape index (κ3) is 6.02. The number of carbonyl (C=O) groups excluding carboxylic acids is 1. The predicted octanol–water partition coefficient (Wildman–Crippen LogP) is 2.92. The summed E-state index contributed by atoms with van der Waals surface area (Å²) >= 11 is 0. The summed E-state index contributed by atoms with van der Waals surface area (Å²) in [5.74, 6) is 0.207. The van der Waals surface area contributed by atoms with Crippen LogP contribution in [0.4, 0.5) is 0 Å². The second kappa shape index (κ2) is 8.18. The van der Waals surface area contributed by atoms with Gasteiger partial charge in [-0.3, -0.25) is 0 Å². The van der Waals surface area contributed by atoms with Gasteiger partial charge in [0.05, 0.1) is 6.61 Å². The van der Waals surface area contributed by atoms with E-state index in [0.717, 1.165) is 11.9 Å². The van der Waals surface area contributed by atoms with Crippen molar-refractivity contribution in [3.05, 3.63) is 36.5 Å². The Labute approximate surface area is 92.3 Å². The van der Waals surface area contributed by atoms with Crippen LogP contribution < -0.4 is 0 Å². The lowest BCUT2D eigenvalue weighted by Crippen LogP contribution is -2.22. The molecule has 0 saturated carbocycles. The Balaban J connectivity index is 4.25. The lowest BCUT2D eigenvalue weighted by atomic mass is 10.1. The fourth-order valence-corrected chi connectivity index (χ4v) is 1.10.